The summed E-state index contributed by atoms with van der Waals surface area (Å²) in [6.45, 7) is 8.87. The summed E-state index contributed by atoms with van der Waals surface area (Å²) in [6.07, 6.45) is 0.482. The van der Waals surface area contributed by atoms with Crippen molar-refractivity contribution in [1.29, 1.82) is 0 Å². The van der Waals surface area contributed by atoms with Crippen molar-refractivity contribution in [2.75, 3.05) is 7.05 Å². The fourth-order valence-electron chi connectivity index (χ4n) is 2.73. The highest BCUT2D eigenvalue weighted by Gasteiger charge is 2.51. The normalized spacial score (nSPS) is 23.4. The summed E-state index contributed by atoms with van der Waals surface area (Å²) in [5, 5.41) is 0. The maximum Gasteiger partial charge on any atom is 0.494 e. The Morgan fingerprint density at radius 1 is 1.10 bits per heavy atom. The lowest BCUT2D eigenvalue weighted by atomic mass is 9.77. The fourth-order valence-corrected chi connectivity index (χ4v) is 2.73. The molecule has 0 N–H and O–H groups in total. The zero-order valence-electron chi connectivity index (χ0n) is 13.4. The molecule has 112 valence electrons. The van der Waals surface area contributed by atoms with E-state index in [9.17, 15) is 4.79 Å². The Bertz CT molecular complexity index is 581. The summed E-state index contributed by atoms with van der Waals surface area (Å²) >= 11 is 0. The molecule has 0 saturated carbocycles. The van der Waals surface area contributed by atoms with Crippen LogP contribution in [-0.4, -0.2) is 36.2 Å². The molecular formula is C16H22BNO3. The zero-order valence-corrected chi connectivity index (χ0v) is 13.4. The van der Waals surface area contributed by atoms with Crippen LogP contribution in [0.4, 0.5) is 0 Å². The Labute approximate surface area is 126 Å². The summed E-state index contributed by atoms with van der Waals surface area (Å²) in [7, 11) is 1.50. The molecule has 5 heteroatoms. The van der Waals surface area contributed by atoms with Crippen LogP contribution in [0.25, 0.3) is 0 Å². The summed E-state index contributed by atoms with van der Waals surface area (Å²) in [6, 6.07) is 6.15. The van der Waals surface area contributed by atoms with Crippen molar-refractivity contribution in [1.82, 2.24) is 4.90 Å². The van der Waals surface area contributed by atoms with Crippen LogP contribution in [0.5, 0.6) is 0 Å². The van der Waals surface area contributed by atoms with Crippen LogP contribution >= 0.6 is 0 Å². The van der Waals surface area contributed by atoms with Gasteiger partial charge in [-0.25, -0.2) is 0 Å². The maximum atomic E-state index is 11.7. The van der Waals surface area contributed by atoms with E-state index in [1.807, 2.05) is 19.2 Å². The molecule has 1 fully saturated rings. The Morgan fingerprint density at radius 3 is 2.33 bits per heavy atom. The standard InChI is InChI=1S/C16H22BNO3/c1-15(2)16(3,4)21-17(20-15)13-7-6-11-9-14(19)18(5)10-12(11)8-13/h6-8H,9-10H2,1-5H3. The number of hydrogen-bond acceptors (Lipinski definition) is 3. The van der Waals surface area contributed by atoms with Crippen LogP contribution in [0, 0.1) is 0 Å². The second-order valence-corrected chi connectivity index (χ2v) is 7.04. The van der Waals surface area contributed by atoms with Gasteiger partial charge in [0.2, 0.25) is 5.91 Å². The number of fused-ring (bicyclic) bond motifs is 1. The topological polar surface area (TPSA) is 38.8 Å². The molecule has 4 nitrogen and oxygen atoms in total. The van der Waals surface area contributed by atoms with E-state index in [1.165, 1.54) is 5.56 Å². The molecule has 0 spiro atoms. The summed E-state index contributed by atoms with van der Waals surface area (Å²) in [4.78, 5) is 13.5. The van der Waals surface area contributed by atoms with Gasteiger partial charge >= 0.3 is 7.12 Å². The highest BCUT2D eigenvalue weighted by molar-refractivity contribution is 6.62. The Morgan fingerprint density at radius 2 is 1.71 bits per heavy atom. The third-order valence-electron chi connectivity index (χ3n) is 4.93. The van der Waals surface area contributed by atoms with Gasteiger partial charge in [-0.15, -0.1) is 0 Å². The molecule has 1 aromatic rings. The first-order chi connectivity index (χ1) is 9.69. The van der Waals surface area contributed by atoms with Crippen molar-refractivity contribution in [3.05, 3.63) is 29.3 Å². The van der Waals surface area contributed by atoms with Gasteiger partial charge in [0.25, 0.3) is 0 Å². The van der Waals surface area contributed by atoms with Crippen molar-refractivity contribution in [3.63, 3.8) is 0 Å². The number of carbonyl (C=O) groups excluding carboxylic acids is 1. The van der Waals surface area contributed by atoms with Crippen LogP contribution < -0.4 is 5.46 Å². The molecule has 2 heterocycles. The number of benzene rings is 1. The van der Waals surface area contributed by atoms with E-state index in [0.29, 0.717) is 13.0 Å². The average Bonchev–Trinajstić information content (AvgIpc) is 2.59. The molecule has 1 saturated heterocycles. The largest absolute Gasteiger partial charge is 0.494 e. The summed E-state index contributed by atoms with van der Waals surface area (Å²) < 4.78 is 12.2. The molecule has 0 bridgehead atoms. The van der Waals surface area contributed by atoms with E-state index < -0.39 is 0 Å². The Kier molecular flexibility index (Phi) is 3.19. The first-order valence-electron chi connectivity index (χ1n) is 7.41. The monoisotopic (exact) mass is 287 g/mol. The van der Waals surface area contributed by atoms with E-state index >= 15 is 0 Å². The summed E-state index contributed by atoms with van der Waals surface area (Å²) in [5.41, 5.74) is 2.65. The highest BCUT2D eigenvalue weighted by atomic mass is 16.7. The molecule has 1 amide bonds. The molecule has 3 rings (SSSR count). The van der Waals surface area contributed by atoms with Crippen LogP contribution in [0.15, 0.2) is 18.2 Å². The van der Waals surface area contributed by atoms with Crippen LogP contribution in [0.1, 0.15) is 38.8 Å². The quantitative estimate of drug-likeness (QED) is 0.735. The van der Waals surface area contributed by atoms with Gasteiger partial charge in [-0.05, 0) is 44.3 Å². The minimum Gasteiger partial charge on any atom is -0.399 e. The van der Waals surface area contributed by atoms with E-state index in [1.54, 1.807) is 4.90 Å². The number of nitrogens with zero attached hydrogens (tertiary/aromatic N) is 1. The van der Waals surface area contributed by atoms with Crippen molar-refractivity contribution >= 4 is 18.5 Å². The van der Waals surface area contributed by atoms with Gasteiger partial charge in [0.1, 0.15) is 0 Å². The molecule has 0 atom stereocenters. The minimum atomic E-state index is -0.344. The number of hydrogen-bond donors (Lipinski definition) is 0. The number of rotatable bonds is 1. The molecule has 0 unspecified atom stereocenters. The molecular weight excluding hydrogens is 265 g/mol. The lowest BCUT2D eigenvalue weighted by Gasteiger charge is -2.32. The van der Waals surface area contributed by atoms with Crippen molar-refractivity contribution < 1.29 is 14.1 Å². The van der Waals surface area contributed by atoms with E-state index in [2.05, 4.69) is 33.8 Å². The second-order valence-electron chi connectivity index (χ2n) is 7.04. The molecule has 2 aliphatic rings. The lowest BCUT2D eigenvalue weighted by molar-refractivity contribution is -0.130. The van der Waals surface area contributed by atoms with E-state index in [4.69, 9.17) is 9.31 Å². The molecule has 1 aromatic carbocycles. The highest BCUT2D eigenvalue weighted by Crippen LogP contribution is 2.36. The van der Waals surface area contributed by atoms with Crippen molar-refractivity contribution in [2.45, 2.75) is 51.9 Å². The van der Waals surface area contributed by atoms with Gasteiger partial charge in [0.15, 0.2) is 0 Å². The smallest absolute Gasteiger partial charge is 0.399 e. The fraction of sp³-hybridized carbons (Fsp3) is 0.562. The SMILES string of the molecule is CN1Cc2cc(B3OC(C)(C)C(C)(C)O3)ccc2CC1=O. The van der Waals surface area contributed by atoms with Crippen molar-refractivity contribution in [2.24, 2.45) is 0 Å². The number of carbonyl (C=O) groups is 1. The molecule has 0 radical (unpaired) electrons. The summed E-state index contributed by atoms with van der Waals surface area (Å²) in [5.74, 6) is 0.172. The first-order valence-corrected chi connectivity index (χ1v) is 7.41. The first kappa shape index (κ1) is 14.6. The number of likely N-dealkylation sites (N-methyl/N-ethyl adjacent to an activating group) is 1. The second kappa shape index (κ2) is 4.58. The third-order valence-corrected chi connectivity index (χ3v) is 4.93. The van der Waals surface area contributed by atoms with Gasteiger partial charge in [0.05, 0.1) is 17.6 Å². The average molecular weight is 287 g/mol. The van der Waals surface area contributed by atoms with Crippen molar-refractivity contribution in [3.8, 4) is 0 Å². The maximum absolute atomic E-state index is 11.7. The van der Waals surface area contributed by atoms with Gasteiger partial charge in [-0.3, -0.25) is 4.79 Å². The van der Waals surface area contributed by atoms with Crippen LogP contribution in [0.3, 0.4) is 0 Å². The van der Waals surface area contributed by atoms with Gasteiger partial charge in [-0.1, -0.05) is 18.2 Å². The van der Waals surface area contributed by atoms with Crippen LogP contribution in [-0.2, 0) is 27.1 Å². The van der Waals surface area contributed by atoms with Gasteiger partial charge in [0, 0.05) is 13.6 Å². The Hall–Kier alpha value is -1.33. The molecule has 0 aliphatic carbocycles. The van der Waals surface area contributed by atoms with E-state index in [-0.39, 0.29) is 24.2 Å². The predicted octanol–water partition coefficient (Wildman–Crippen LogP) is 1.50. The lowest BCUT2D eigenvalue weighted by Crippen LogP contribution is -2.41. The van der Waals surface area contributed by atoms with Crippen LogP contribution in [0.2, 0.25) is 0 Å². The molecule has 2 aliphatic heterocycles. The third kappa shape index (κ3) is 2.38. The van der Waals surface area contributed by atoms with Gasteiger partial charge < -0.3 is 14.2 Å². The minimum absolute atomic E-state index is 0.172. The van der Waals surface area contributed by atoms with Gasteiger partial charge in [-0.2, -0.15) is 0 Å². The zero-order chi connectivity index (χ0) is 15.4. The number of amides is 1. The molecule has 21 heavy (non-hydrogen) atoms. The van der Waals surface area contributed by atoms with E-state index in [0.717, 1.165) is 11.0 Å². The predicted molar refractivity (Wildman–Crippen MR) is 82.3 cm³/mol. The molecule has 0 aromatic heterocycles. The Balaban J connectivity index is 1.89.